The predicted molar refractivity (Wildman–Crippen MR) is 131 cm³/mol. The van der Waals surface area contributed by atoms with Crippen LogP contribution in [0.3, 0.4) is 0 Å². The van der Waals surface area contributed by atoms with Gasteiger partial charge in [0.2, 0.25) is 0 Å². The highest BCUT2D eigenvalue weighted by Crippen LogP contribution is 2.26. The van der Waals surface area contributed by atoms with E-state index in [9.17, 15) is 0 Å². The minimum Gasteiger partial charge on any atom is -0.357 e. The second-order valence-electron chi connectivity index (χ2n) is 7.02. The summed E-state index contributed by atoms with van der Waals surface area (Å²) in [6.45, 7) is 4.38. The van der Waals surface area contributed by atoms with E-state index in [1.54, 1.807) is 0 Å². The van der Waals surface area contributed by atoms with E-state index < -0.39 is 0 Å². The number of aromatic nitrogens is 2. The van der Waals surface area contributed by atoms with E-state index in [0.717, 1.165) is 30.1 Å². The van der Waals surface area contributed by atoms with Crippen LogP contribution >= 0.6 is 35.7 Å². The summed E-state index contributed by atoms with van der Waals surface area (Å²) >= 11 is 1.99. The quantitative estimate of drug-likeness (QED) is 0.330. The minimum absolute atomic E-state index is 0. The van der Waals surface area contributed by atoms with Crippen LogP contribution in [0.1, 0.15) is 44.0 Å². The highest BCUT2D eigenvalue weighted by Gasteiger charge is 2.21. The molecular weight excluding hydrogens is 481 g/mol. The molecule has 2 aromatic rings. The molecule has 0 aliphatic heterocycles. The normalized spacial score (nSPS) is 19.7. The maximum Gasteiger partial charge on any atom is 0.191 e. The molecule has 2 atom stereocenters. The van der Waals surface area contributed by atoms with Crippen LogP contribution in [0.15, 0.2) is 47.7 Å². The number of nitrogens with one attached hydrogen (secondary N) is 2. The molecule has 154 valence electrons. The summed E-state index contributed by atoms with van der Waals surface area (Å²) in [5.41, 5.74) is 1.27. The Bertz CT molecular complexity index is 719. The molecule has 7 heteroatoms. The van der Waals surface area contributed by atoms with Crippen molar-refractivity contribution >= 4 is 41.7 Å². The van der Waals surface area contributed by atoms with Gasteiger partial charge < -0.3 is 15.2 Å². The first-order valence-electron chi connectivity index (χ1n) is 9.90. The molecule has 0 bridgehead atoms. The lowest BCUT2D eigenvalue weighted by atomic mass is 9.95. The highest BCUT2D eigenvalue weighted by atomic mass is 127. The Labute approximate surface area is 190 Å². The van der Waals surface area contributed by atoms with Crippen molar-refractivity contribution < 1.29 is 0 Å². The molecule has 1 aliphatic carbocycles. The van der Waals surface area contributed by atoms with Crippen molar-refractivity contribution in [2.24, 2.45) is 4.99 Å². The number of halogens is 1. The number of nitrogens with zero attached hydrogens (tertiary/aromatic N) is 3. The molecule has 1 aliphatic rings. The number of guanidine groups is 1. The summed E-state index contributed by atoms with van der Waals surface area (Å²) in [4.78, 5) is 9.32. The van der Waals surface area contributed by atoms with E-state index in [2.05, 4.69) is 57.6 Å². The Kier molecular flexibility index (Phi) is 10.2. The molecule has 1 fully saturated rings. The fourth-order valence-corrected chi connectivity index (χ4v) is 4.40. The lowest BCUT2D eigenvalue weighted by Gasteiger charge is -2.29. The minimum atomic E-state index is 0. The predicted octanol–water partition coefficient (Wildman–Crippen LogP) is 4.28. The Morgan fingerprint density at radius 3 is 2.86 bits per heavy atom. The second kappa shape index (κ2) is 12.4. The first-order valence-corrected chi connectivity index (χ1v) is 11.2. The fourth-order valence-electron chi connectivity index (χ4n) is 3.57. The van der Waals surface area contributed by atoms with Gasteiger partial charge in [-0.2, -0.15) is 11.8 Å². The van der Waals surface area contributed by atoms with Crippen molar-refractivity contribution in [3.63, 3.8) is 0 Å². The molecule has 1 aromatic heterocycles. The second-order valence-corrected chi connectivity index (χ2v) is 8.16. The molecule has 0 radical (unpaired) electrons. The largest absolute Gasteiger partial charge is 0.357 e. The van der Waals surface area contributed by atoms with Gasteiger partial charge in [0.05, 0.1) is 0 Å². The van der Waals surface area contributed by atoms with Gasteiger partial charge in [0.15, 0.2) is 5.96 Å². The average Bonchev–Trinajstić information content (AvgIpc) is 3.14. The molecule has 2 N–H and O–H groups in total. The molecule has 0 amide bonds. The molecule has 28 heavy (non-hydrogen) atoms. The Morgan fingerprint density at radius 2 is 2.11 bits per heavy atom. The molecular formula is C21H32IN5S. The van der Waals surface area contributed by atoms with Gasteiger partial charge >= 0.3 is 0 Å². The smallest absolute Gasteiger partial charge is 0.191 e. The summed E-state index contributed by atoms with van der Waals surface area (Å²) in [5.74, 6) is 1.89. The topological polar surface area (TPSA) is 54.2 Å². The maximum absolute atomic E-state index is 4.81. The summed E-state index contributed by atoms with van der Waals surface area (Å²) < 4.78 is 2.17. The van der Waals surface area contributed by atoms with Gasteiger partial charge in [0.1, 0.15) is 12.4 Å². The van der Waals surface area contributed by atoms with Crippen molar-refractivity contribution in [1.82, 2.24) is 20.2 Å². The van der Waals surface area contributed by atoms with Gasteiger partial charge in [-0.3, -0.25) is 0 Å². The SMILES string of the molecule is CCNC(=NCc1nccn1Cc1ccccc1)NC1CCCC(SC)C1.I. The number of imidazole rings is 1. The molecule has 1 aromatic carbocycles. The van der Waals surface area contributed by atoms with Crippen LogP contribution in [0.4, 0.5) is 0 Å². The van der Waals surface area contributed by atoms with Crippen molar-refractivity contribution in [3.8, 4) is 0 Å². The van der Waals surface area contributed by atoms with Crippen LogP contribution in [0, 0.1) is 0 Å². The van der Waals surface area contributed by atoms with Gasteiger partial charge in [-0.15, -0.1) is 24.0 Å². The van der Waals surface area contributed by atoms with Crippen molar-refractivity contribution in [2.45, 2.75) is 57.0 Å². The number of aliphatic imine (C=N–C) groups is 1. The van der Waals surface area contributed by atoms with Crippen LogP contribution in [0.5, 0.6) is 0 Å². The Hall–Kier alpha value is -1.22. The van der Waals surface area contributed by atoms with Gasteiger partial charge in [-0.05, 0) is 38.0 Å². The summed E-state index contributed by atoms with van der Waals surface area (Å²) in [5, 5.41) is 7.80. The zero-order valence-electron chi connectivity index (χ0n) is 16.8. The van der Waals surface area contributed by atoms with Crippen LogP contribution in [0.2, 0.25) is 0 Å². The average molecular weight is 513 g/mol. The third-order valence-corrected chi connectivity index (χ3v) is 6.12. The first-order chi connectivity index (χ1) is 13.3. The molecule has 3 rings (SSSR count). The Morgan fingerprint density at radius 1 is 1.29 bits per heavy atom. The molecule has 2 unspecified atom stereocenters. The third kappa shape index (κ3) is 6.99. The maximum atomic E-state index is 4.81. The lowest BCUT2D eigenvalue weighted by molar-refractivity contribution is 0.419. The van der Waals surface area contributed by atoms with Crippen molar-refractivity contribution in [3.05, 3.63) is 54.1 Å². The van der Waals surface area contributed by atoms with Crippen LogP contribution in [-0.2, 0) is 13.1 Å². The summed E-state index contributed by atoms with van der Waals surface area (Å²) in [7, 11) is 0. The molecule has 1 saturated carbocycles. The van der Waals surface area contributed by atoms with Crippen LogP contribution in [-0.4, -0.2) is 39.6 Å². The summed E-state index contributed by atoms with van der Waals surface area (Å²) in [6.07, 6.45) is 11.2. The Balaban J connectivity index is 0.00000280. The number of rotatable bonds is 7. The van der Waals surface area contributed by atoms with E-state index >= 15 is 0 Å². The summed E-state index contributed by atoms with van der Waals surface area (Å²) in [6, 6.07) is 11.0. The number of thioether (sulfide) groups is 1. The number of hydrogen-bond donors (Lipinski definition) is 2. The van der Waals surface area contributed by atoms with E-state index in [1.807, 2.05) is 30.2 Å². The van der Waals surface area contributed by atoms with E-state index in [-0.39, 0.29) is 24.0 Å². The first kappa shape index (κ1) is 23.1. The zero-order valence-corrected chi connectivity index (χ0v) is 20.0. The third-order valence-electron chi connectivity index (χ3n) is 5.02. The fraction of sp³-hybridized carbons (Fsp3) is 0.524. The molecule has 1 heterocycles. The van der Waals surface area contributed by atoms with Crippen molar-refractivity contribution in [2.75, 3.05) is 12.8 Å². The van der Waals surface area contributed by atoms with Gasteiger partial charge in [0, 0.05) is 36.8 Å². The van der Waals surface area contributed by atoms with E-state index in [1.165, 1.54) is 31.2 Å². The standard InChI is InChI=1S/C21H31N5S.HI/c1-3-22-21(25-18-10-7-11-19(14-18)27-2)24-15-20-23-12-13-26(20)16-17-8-5-4-6-9-17;/h4-6,8-9,12-13,18-19H,3,7,10-11,14-16H2,1-2H3,(H2,22,24,25);1H. The molecule has 0 spiro atoms. The van der Waals surface area contributed by atoms with Gasteiger partial charge in [0.25, 0.3) is 0 Å². The van der Waals surface area contributed by atoms with E-state index in [4.69, 9.17) is 4.99 Å². The zero-order chi connectivity index (χ0) is 18.9. The van der Waals surface area contributed by atoms with Gasteiger partial charge in [-0.1, -0.05) is 36.8 Å². The van der Waals surface area contributed by atoms with E-state index in [0.29, 0.717) is 12.6 Å². The van der Waals surface area contributed by atoms with Crippen LogP contribution < -0.4 is 10.6 Å². The van der Waals surface area contributed by atoms with Crippen molar-refractivity contribution in [1.29, 1.82) is 0 Å². The van der Waals surface area contributed by atoms with Gasteiger partial charge in [-0.25, -0.2) is 9.98 Å². The van der Waals surface area contributed by atoms with Crippen LogP contribution in [0.25, 0.3) is 0 Å². The molecule has 5 nitrogen and oxygen atoms in total. The number of hydrogen-bond acceptors (Lipinski definition) is 3. The monoisotopic (exact) mass is 513 g/mol. The lowest BCUT2D eigenvalue weighted by Crippen LogP contribution is -2.45. The number of benzene rings is 1. The highest BCUT2D eigenvalue weighted by molar-refractivity contribution is 14.0. The molecule has 0 saturated heterocycles.